The third-order valence-corrected chi connectivity index (χ3v) is 9.84. The number of aliphatic hydroxyl groups is 2. The average Bonchev–Trinajstić information content (AvgIpc) is 3.20. The van der Waals surface area contributed by atoms with E-state index in [1.165, 1.54) is 11.1 Å². The number of hydrogen-bond donors (Lipinski definition) is 2. The molecular formula is C27H36N2O3. The second kappa shape index (κ2) is 7.03. The molecule has 1 aromatic heterocycles. The fourth-order valence-electron chi connectivity index (χ4n) is 8.55. The number of allylic oxidation sites excluding steroid dienone is 2. The van der Waals surface area contributed by atoms with E-state index in [0.717, 1.165) is 25.0 Å². The summed E-state index contributed by atoms with van der Waals surface area (Å²) >= 11 is 0. The van der Waals surface area contributed by atoms with Crippen LogP contribution in [0, 0.1) is 34.5 Å². The minimum atomic E-state index is -1.39. The second-order valence-electron chi connectivity index (χ2n) is 11.5. The van der Waals surface area contributed by atoms with Crippen LogP contribution in [0.25, 0.3) is 6.08 Å². The summed E-state index contributed by atoms with van der Waals surface area (Å²) < 4.78 is 1.89. The maximum Gasteiger partial charge on any atom is 0.169 e. The molecule has 0 amide bonds. The smallest absolute Gasteiger partial charge is 0.169 e. The Labute approximate surface area is 190 Å². The summed E-state index contributed by atoms with van der Waals surface area (Å²) in [6, 6.07) is 0. The minimum Gasteiger partial charge on any atom is -0.393 e. The van der Waals surface area contributed by atoms with E-state index in [9.17, 15) is 15.0 Å². The Bertz CT molecular complexity index is 1050. The molecule has 5 nitrogen and oxygen atoms in total. The monoisotopic (exact) mass is 436 g/mol. The molecule has 5 rings (SSSR count). The number of rotatable bonds is 3. The molecule has 8 atom stereocenters. The highest BCUT2D eigenvalue weighted by molar-refractivity contribution is 5.89. The normalized spacial score (nSPS) is 44.4. The summed E-state index contributed by atoms with van der Waals surface area (Å²) in [6.07, 6.45) is 9.26. The number of nitrogens with zero attached hydrogens (tertiary/aromatic N) is 2. The molecule has 0 radical (unpaired) electrons. The predicted molar refractivity (Wildman–Crippen MR) is 123 cm³/mol. The zero-order valence-electron chi connectivity index (χ0n) is 19.8. The van der Waals surface area contributed by atoms with Gasteiger partial charge >= 0.3 is 0 Å². The molecule has 3 saturated carbocycles. The second-order valence-corrected chi connectivity index (χ2v) is 11.5. The van der Waals surface area contributed by atoms with E-state index >= 15 is 0 Å². The zero-order chi connectivity index (χ0) is 23.1. The van der Waals surface area contributed by atoms with E-state index in [1.807, 2.05) is 11.7 Å². The maximum atomic E-state index is 13.1. The molecule has 4 aliphatic rings. The SMILES string of the molecule is C=C=CCC(=O)[C@@]1(O)CC[C@H]2[C@@H]3C[C@H](C)C4=Cc5nn(C)cc5C[C@]4(C)[C@H]3[C@@H](O)C[C@@]21C. The Hall–Kier alpha value is -1.94. The van der Waals surface area contributed by atoms with E-state index < -0.39 is 17.1 Å². The molecule has 0 saturated heterocycles. The Morgan fingerprint density at radius 2 is 2.19 bits per heavy atom. The van der Waals surface area contributed by atoms with Gasteiger partial charge in [0.15, 0.2) is 5.78 Å². The van der Waals surface area contributed by atoms with Crippen molar-refractivity contribution in [3.05, 3.63) is 41.4 Å². The lowest BCUT2D eigenvalue weighted by atomic mass is 9.44. The van der Waals surface area contributed by atoms with Crippen molar-refractivity contribution in [2.75, 3.05) is 0 Å². The highest BCUT2D eigenvalue weighted by Crippen LogP contribution is 2.68. The Morgan fingerprint density at radius 1 is 1.44 bits per heavy atom. The summed E-state index contributed by atoms with van der Waals surface area (Å²) in [5.74, 6) is 0.878. The largest absolute Gasteiger partial charge is 0.393 e. The molecule has 1 aromatic rings. The van der Waals surface area contributed by atoms with Crippen molar-refractivity contribution in [1.29, 1.82) is 0 Å². The first-order valence-electron chi connectivity index (χ1n) is 12.1. The lowest BCUT2D eigenvalue weighted by Crippen LogP contribution is -2.62. The number of carbonyl (C=O) groups excluding carboxylic acids is 1. The van der Waals surface area contributed by atoms with Crippen LogP contribution in [0.2, 0.25) is 0 Å². The molecule has 0 spiro atoms. The molecule has 4 aliphatic carbocycles. The first-order valence-corrected chi connectivity index (χ1v) is 12.1. The molecule has 1 heterocycles. The van der Waals surface area contributed by atoms with Gasteiger partial charge in [0, 0.05) is 25.1 Å². The van der Waals surface area contributed by atoms with Crippen molar-refractivity contribution < 1.29 is 15.0 Å². The summed E-state index contributed by atoms with van der Waals surface area (Å²) in [5, 5.41) is 28.0. The zero-order valence-corrected chi connectivity index (χ0v) is 19.8. The molecule has 0 bridgehead atoms. The number of ketones is 1. The van der Waals surface area contributed by atoms with Gasteiger partial charge < -0.3 is 10.2 Å². The van der Waals surface area contributed by atoms with E-state index in [2.05, 4.69) is 50.5 Å². The van der Waals surface area contributed by atoms with Crippen molar-refractivity contribution in [1.82, 2.24) is 9.78 Å². The van der Waals surface area contributed by atoms with E-state index in [-0.39, 0.29) is 35.4 Å². The fraction of sp³-hybridized carbons (Fsp3) is 0.667. The Balaban J connectivity index is 1.54. The number of aliphatic hydroxyl groups excluding tert-OH is 1. The molecule has 172 valence electrons. The van der Waals surface area contributed by atoms with Gasteiger partial charge in [-0.05, 0) is 78.9 Å². The van der Waals surface area contributed by atoms with Gasteiger partial charge in [0.05, 0.1) is 11.8 Å². The van der Waals surface area contributed by atoms with Gasteiger partial charge in [-0.15, -0.1) is 5.73 Å². The minimum absolute atomic E-state index is 0.127. The number of carbonyl (C=O) groups is 1. The molecule has 2 N–H and O–H groups in total. The molecular weight excluding hydrogens is 400 g/mol. The highest BCUT2D eigenvalue weighted by atomic mass is 16.3. The van der Waals surface area contributed by atoms with Crippen LogP contribution in [0.1, 0.15) is 64.1 Å². The first kappa shape index (κ1) is 21.9. The maximum absolute atomic E-state index is 13.1. The van der Waals surface area contributed by atoms with Gasteiger partial charge in [-0.3, -0.25) is 9.48 Å². The van der Waals surface area contributed by atoms with Crippen molar-refractivity contribution >= 4 is 11.9 Å². The van der Waals surface area contributed by atoms with Gasteiger partial charge in [0.2, 0.25) is 0 Å². The van der Waals surface area contributed by atoms with E-state index in [1.54, 1.807) is 6.08 Å². The van der Waals surface area contributed by atoms with Gasteiger partial charge in [0.25, 0.3) is 0 Å². The Kier molecular flexibility index (Phi) is 4.81. The van der Waals surface area contributed by atoms with E-state index in [0.29, 0.717) is 18.8 Å². The lowest BCUT2D eigenvalue weighted by molar-refractivity contribution is -0.181. The lowest BCUT2D eigenvalue weighted by Gasteiger charge is -2.61. The fourth-order valence-corrected chi connectivity index (χ4v) is 8.55. The van der Waals surface area contributed by atoms with Crippen molar-refractivity contribution in [3.8, 4) is 0 Å². The Morgan fingerprint density at radius 3 is 2.91 bits per heavy atom. The van der Waals surface area contributed by atoms with Crippen LogP contribution in [0.3, 0.4) is 0 Å². The summed E-state index contributed by atoms with van der Waals surface area (Å²) in [5.41, 5.74) is 4.26. The molecule has 32 heavy (non-hydrogen) atoms. The van der Waals surface area contributed by atoms with Crippen molar-refractivity contribution in [2.45, 2.75) is 71.0 Å². The third-order valence-electron chi connectivity index (χ3n) is 9.84. The molecule has 3 fully saturated rings. The molecule has 0 aromatic carbocycles. The number of Topliss-reactive ketones (excluding diaryl/α,β-unsaturated/α-hetero) is 1. The highest BCUT2D eigenvalue weighted by Gasteiger charge is 2.68. The van der Waals surface area contributed by atoms with Crippen LogP contribution >= 0.6 is 0 Å². The predicted octanol–water partition coefficient (Wildman–Crippen LogP) is 3.85. The molecule has 0 unspecified atom stereocenters. The van der Waals surface area contributed by atoms with Gasteiger partial charge in [0.1, 0.15) is 5.60 Å². The first-order chi connectivity index (χ1) is 15.0. The summed E-state index contributed by atoms with van der Waals surface area (Å²) in [6.45, 7) is 10.2. The van der Waals surface area contributed by atoms with Crippen LogP contribution in [0.15, 0.2) is 30.2 Å². The van der Waals surface area contributed by atoms with Crippen molar-refractivity contribution in [2.24, 2.45) is 41.5 Å². The topological polar surface area (TPSA) is 75.3 Å². The summed E-state index contributed by atoms with van der Waals surface area (Å²) in [7, 11) is 1.97. The average molecular weight is 437 g/mol. The van der Waals surface area contributed by atoms with Crippen LogP contribution in [-0.4, -0.2) is 37.5 Å². The number of aromatic nitrogens is 2. The molecule has 5 heteroatoms. The van der Waals surface area contributed by atoms with Gasteiger partial charge in [-0.1, -0.05) is 32.9 Å². The standard InChI is InChI=1S/C27H36N2O3/c1-6-7-8-23(31)27(32)10-9-19-18-11-16(2)20-12-21-17(15-29(5)28-21)13-25(20,3)24(18)22(30)14-26(19,27)4/h7,12,15-16,18-19,22,24,30,32H,1,8-11,13-14H2,2-5H3/t16-,18-,19-,22-,24+,25-,26-,27-/m0/s1. The third kappa shape index (κ3) is 2.71. The van der Waals surface area contributed by atoms with E-state index in [4.69, 9.17) is 0 Å². The van der Waals surface area contributed by atoms with Crippen molar-refractivity contribution in [3.63, 3.8) is 0 Å². The number of hydrogen-bond acceptors (Lipinski definition) is 4. The van der Waals surface area contributed by atoms with Gasteiger partial charge in [-0.25, -0.2) is 0 Å². The summed E-state index contributed by atoms with van der Waals surface area (Å²) in [4.78, 5) is 13.1. The quantitative estimate of drug-likeness (QED) is 0.706. The van der Waals surface area contributed by atoms with Crippen LogP contribution < -0.4 is 0 Å². The van der Waals surface area contributed by atoms with Crippen LogP contribution in [-0.2, 0) is 18.3 Å². The molecule has 0 aliphatic heterocycles. The van der Waals surface area contributed by atoms with Crippen LogP contribution in [0.5, 0.6) is 0 Å². The number of aryl methyl sites for hydroxylation is 1. The van der Waals surface area contributed by atoms with Gasteiger partial charge in [-0.2, -0.15) is 5.10 Å². The van der Waals surface area contributed by atoms with Crippen LogP contribution in [0.4, 0.5) is 0 Å². The number of fused-ring (bicyclic) bond motifs is 6.